The third kappa shape index (κ3) is 3.94. The number of carbonyl (C=O) groups is 2. The second kappa shape index (κ2) is 6.89. The maximum absolute atomic E-state index is 12.0. The van der Waals surface area contributed by atoms with Crippen LogP contribution >= 0.6 is 0 Å². The van der Waals surface area contributed by atoms with E-state index in [0.29, 0.717) is 17.7 Å². The SMILES string of the molecule is COC(=O)C(C)Cc1ccc(NC(=O)c2cnn(C)c2)cc1. The monoisotopic (exact) mass is 301 g/mol. The average Bonchev–Trinajstić information content (AvgIpc) is 2.95. The molecular weight excluding hydrogens is 282 g/mol. The van der Waals surface area contributed by atoms with Crippen LogP contribution in [0.5, 0.6) is 0 Å². The summed E-state index contributed by atoms with van der Waals surface area (Å²) in [6.07, 6.45) is 3.77. The molecule has 0 fully saturated rings. The lowest BCUT2D eigenvalue weighted by atomic mass is 10.0. The molecule has 1 heterocycles. The van der Waals surface area contributed by atoms with E-state index < -0.39 is 0 Å². The van der Waals surface area contributed by atoms with Crippen LogP contribution in [0.3, 0.4) is 0 Å². The first-order valence-electron chi connectivity index (χ1n) is 6.96. The quantitative estimate of drug-likeness (QED) is 0.858. The van der Waals surface area contributed by atoms with E-state index >= 15 is 0 Å². The number of carbonyl (C=O) groups excluding carboxylic acids is 2. The highest BCUT2D eigenvalue weighted by atomic mass is 16.5. The van der Waals surface area contributed by atoms with Gasteiger partial charge in [-0.25, -0.2) is 0 Å². The van der Waals surface area contributed by atoms with E-state index in [1.807, 2.05) is 31.2 Å². The number of esters is 1. The summed E-state index contributed by atoms with van der Waals surface area (Å²) in [6.45, 7) is 1.82. The zero-order chi connectivity index (χ0) is 16.1. The number of aryl methyl sites for hydroxylation is 1. The molecule has 6 nitrogen and oxygen atoms in total. The number of nitrogens with one attached hydrogen (secondary N) is 1. The normalized spacial score (nSPS) is 11.8. The van der Waals surface area contributed by atoms with Gasteiger partial charge in [0.15, 0.2) is 0 Å². The van der Waals surface area contributed by atoms with Gasteiger partial charge in [0, 0.05) is 18.9 Å². The van der Waals surface area contributed by atoms with E-state index in [1.54, 1.807) is 17.9 Å². The molecule has 1 atom stereocenters. The van der Waals surface area contributed by atoms with Crippen LogP contribution in [0.15, 0.2) is 36.7 Å². The molecule has 0 bridgehead atoms. The van der Waals surface area contributed by atoms with Crippen LogP contribution in [0.25, 0.3) is 0 Å². The van der Waals surface area contributed by atoms with Gasteiger partial charge in [-0.2, -0.15) is 5.10 Å². The van der Waals surface area contributed by atoms with Crippen LogP contribution in [0, 0.1) is 5.92 Å². The summed E-state index contributed by atoms with van der Waals surface area (Å²) >= 11 is 0. The fourth-order valence-corrected chi connectivity index (χ4v) is 2.10. The Hall–Kier alpha value is -2.63. The van der Waals surface area contributed by atoms with Gasteiger partial charge in [0.1, 0.15) is 0 Å². The van der Waals surface area contributed by atoms with Gasteiger partial charge in [-0.15, -0.1) is 0 Å². The number of hydrogen-bond donors (Lipinski definition) is 1. The molecule has 6 heteroatoms. The van der Waals surface area contributed by atoms with Gasteiger partial charge in [0.05, 0.1) is 24.8 Å². The van der Waals surface area contributed by atoms with Crippen LogP contribution in [-0.2, 0) is 23.0 Å². The minimum absolute atomic E-state index is 0.194. The lowest BCUT2D eigenvalue weighted by Crippen LogP contribution is -2.15. The largest absolute Gasteiger partial charge is 0.469 e. The molecule has 0 spiro atoms. The van der Waals surface area contributed by atoms with Crippen LogP contribution in [0.4, 0.5) is 5.69 Å². The third-order valence-corrected chi connectivity index (χ3v) is 3.32. The minimum atomic E-state index is -0.228. The first-order valence-corrected chi connectivity index (χ1v) is 6.96. The molecular formula is C16H19N3O3. The Kier molecular flexibility index (Phi) is 4.93. The molecule has 0 aliphatic carbocycles. The number of amides is 1. The van der Waals surface area contributed by atoms with Crippen LogP contribution in [0.1, 0.15) is 22.8 Å². The molecule has 2 aromatic rings. The Bertz CT molecular complexity index is 662. The first kappa shape index (κ1) is 15.8. The maximum atomic E-state index is 12.0. The van der Waals surface area contributed by atoms with Crippen molar-refractivity contribution in [2.45, 2.75) is 13.3 Å². The number of nitrogens with zero attached hydrogens (tertiary/aromatic N) is 2. The van der Waals surface area contributed by atoms with E-state index in [4.69, 9.17) is 4.74 Å². The van der Waals surface area contributed by atoms with Crippen molar-refractivity contribution in [3.63, 3.8) is 0 Å². The molecule has 0 saturated carbocycles. The summed E-state index contributed by atoms with van der Waals surface area (Å²) in [5, 5.41) is 6.76. The molecule has 1 aromatic heterocycles. The Balaban J connectivity index is 1.97. The van der Waals surface area contributed by atoms with E-state index in [2.05, 4.69) is 10.4 Å². The van der Waals surface area contributed by atoms with Crippen LogP contribution < -0.4 is 5.32 Å². The highest BCUT2D eigenvalue weighted by Crippen LogP contribution is 2.15. The Morgan fingerprint density at radius 1 is 1.32 bits per heavy atom. The Labute approximate surface area is 129 Å². The highest BCUT2D eigenvalue weighted by molar-refractivity contribution is 6.03. The van der Waals surface area contributed by atoms with Gasteiger partial charge < -0.3 is 10.1 Å². The van der Waals surface area contributed by atoms with E-state index in [9.17, 15) is 9.59 Å². The molecule has 2 rings (SSSR count). The van der Waals surface area contributed by atoms with Crippen molar-refractivity contribution in [1.82, 2.24) is 9.78 Å². The fourth-order valence-electron chi connectivity index (χ4n) is 2.10. The molecule has 0 aliphatic heterocycles. The molecule has 22 heavy (non-hydrogen) atoms. The van der Waals surface area contributed by atoms with Crippen molar-refractivity contribution in [3.05, 3.63) is 47.8 Å². The summed E-state index contributed by atoms with van der Waals surface area (Å²) in [5.74, 6) is -0.626. The molecule has 1 amide bonds. The molecule has 116 valence electrons. The van der Waals surface area contributed by atoms with Gasteiger partial charge in [-0.3, -0.25) is 14.3 Å². The van der Waals surface area contributed by atoms with Gasteiger partial charge >= 0.3 is 5.97 Å². The van der Waals surface area contributed by atoms with E-state index in [0.717, 1.165) is 5.56 Å². The Morgan fingerprint density at radius 2 is 2.00 bits per heavy atom. The van der Waals surface area contributed by atoms with Crippen molar-refractivity contribution in [1.29, 1.82) is 0 Å². The topological polar surface area (TPSA) is 73.2 Å². The van der Waals surface area contributed by atoms with Gasteiger partial charge in [-0.05, 0) is 24.1 Å². The average molecular weight is 301 g/mol. The predicted octanol–water partition coefficient (Wildman–Crippen LogP) is 2.02. The number of aromatic nitrogens is 2. The van der Waals surface area contributed by atoms with Gasteiger partial charge in [0.2, 0.25) is 0 Å². The molecule has 0 saturated heterocycles. The highest BCUT2D eigenvalue weighted by Gasteiger charge is 2.14. The van der Waals surface area contributed by atoms with Gasteiger partial charge in [0.25, 0.3) is 5.91 Å². The maximum Gasteiger partial charge on any atom is 0.308 e. The summed E-state index contributed by atoms with van der Waals surface area (Å²) in [7, 11) is 3.14. The summed E-state index contributed by atoms with van der Waals surface area (Å²) in [5.41, 5.74) is 2.21. The van der Waals surface area contributed by atoms with Crippen molar-refractivity contribution in [2.24, 2.45) is 13.0 Å². The number of rotatable bonds is 5. The van der Waals surface area contributed by atoms with Crippen molar-refractivity contribution >= 4 is 17.6 Å². The predicted molar refractivity (Wildman–Crippen MR) is 82.5 cm³/mol. The summed E-state index contributed by atoms with van der Waals surface area (Å²) in [4.78, 5) is 23.4. The third-order valence-electron chi connectivity index (χ3n) is 3.32. The lowest BCUT2D eigenvalue weighted by molar-refractivity contribution is -0.144. The van der Waals surface area contributed by atoms with Gasteiger partial charge in [-0.1, -0.05) is 19.1 Å². The first-order chi connectivity index (χ1) is 10.5. The van der Waals surface area contributed by atoms with Crippen molar-refractivity contribution in [3.8, 4) is 0 Å². The zero-order valence-corrected chi connectivity index (χ0v) is 12.9. The zero-order valence-electron chi connectivity index (χ0n) is 12.9. The van der Waals surface area contributed by atoms with E-state index in [1.165, 1.54) is 13.3 Å². The summed E-state index contributed by atoms with van der Waals surface area (Å²) < 4.78 is 6.28. The van der Waals surface area contributed by atoms with Crippen LogP contribution in [-0.4, -0.2) is 28.8 Å². The number of methoxy groups -OCH3 is 1. The second-order valence-corrected chi connectivity index (χ2v) is 5.18. The number of benzene rings is 1. The number of anilines is 1. The molecule has 1 aromatic carbocycles. The smallest absolute Gasteiger partial charge is 0.308 e. The van der Waals surface area contributed by atoms with Crippen molar-refractivity contribution < 1.29 is 14.3 Å². The standard InChI is InChI=1S/C16H19N3O3/c1-11(16(21)22-3)8-12-4-6-14(7-5-12)18-15(20)13-9-17-19(2)10-13/h4-7,9-11H,8H2,1-3H3,(H,18,20). The second-order valence-electron chi connectivity index (χ2n) is 5.18. The summed E-state index contributed by atoms with van der Waals surface area (Å²) in [6, 6.07) is 7.40. The fraction of sp³-hybridized carbons (Fsp3) is 0.312. The molecule has 1 unspecified atom stereocenters. The molecule has 0 aliphatic rings. The van der Waals surface area contributed by atoms with Crippen molar-refractivity contribution in [2.75, 3.05) is 12.4 Å². The Morgan fingerprint density at radius 3 is 2.55 bits per heavy atom. The lowest BCUT2D eigenvalue weighted by Gasteiger charge is -2.10. The number of hydrogen-bond acceptors (Lipinski definition) is 4. The molecule has 0 radical (unpaired) electrons. The number of ether oxygens (including phenoxy) is 1. The molecule has 1 N–H and O–H groups in total. The minimum Gasteiger partial charge on any atom is -0.469 e. The van der Waals surface area contributed by atoms with Crippen LogP contribution in [0.2, 0.25) is 0 Å². The van der Waals surface area contributed by atoms with E-state index in [-0.39, 0.29) is 17.8 Å².